The van der Waals surface area contributed by atoms with Crippen molar-refractivity contribution in [2.24, 2.45) is 5.41 Å². The van der Waals surface area contributed by atoms with E-state index >= 15 is 0 Å². The van der Waals surface area contributed by atoms with E-state index in [1.165, 1.54) is 11.3 Å². The summed E-state index contributed by atoms with van der Waals surface area (Å²) in [6.07, 6.45) is 0. The zero-order chi connectivity index (χ0) is 11.3. The highest BCUT2D eigenvalue weighted by Crippen LogP contribution is 2.21. The van der Waals surface area contributed by atoms with Crippen LogP contribution in [-0.2, 0) is 6.54 Å². The number of halogens is 1. The van der Waals surface area contributed by atoms with Gasteiger partial charge in [-0.25, -0.2) is 0 Å². The van der Waals surface area contributed by atoms with Crippen LogP contribution in [0.4, 0.5) is 0 Å². The van der Waals surface area contributed by atoms with Crippen molar-refractivity contribution in [2.75, 3.05) is 19.8 Å². The smallest absolute Gasteiger partial charge is 0.0931 e. The molecule has 0 aliphatic carbocycles. The van der Waals surface area contributed by atoms with Gasteiger partial charge in [0, 0.05) is 23.4 Å². The highest BCUT2D eigenvalue weighted by atomic mass is 35.5. The molecule has 1 aromatic rings. The maximum absolute atomic E-state index is 9.07. The zero-order valence-corrected chi connectivity index (χ0v) is 10.2. The van der Waals surface area contributed by atoms with Crippen molar-refractivity contribution in [3.63, 3.8) is 0 Å². The van der Waals surface area contributed by atoms with Gasteiger partial charge in [0.15, 0.2) is 0 Å². The third kappa shape index (κ3) is 4.09. The number of aliphatic hydroxyl groups excluding tert-OH is 2. The minimum Gasteiger partial charge on any atom is -0.396 e. The predicted octanol–water partition coefficient (Wildman–Crippen LogP) is 1.48. The van der Waals surface area contributed by atoms with Crippen LogP contribution >= 0.6 is 22.9 Å². The highest BCUT2D eigenvalue weighted by molar-refractivity contribution is 7.16. The van der Waals surface area contributed by atoms with Crippen molar-refractivity contribution in [3.8, 4) is 0 Å². The summed E-state index contributed by atoms with van der Waals surface area (Å²) in [5, 5.41) is 21.3. The van der Waals surface area contributed by atoms with Gasteiger partial charge in [-0.1, -0.05) is 18.5 Å². The largest absolute Gasteiger partial charge is 0.396 e. The standard InChI is InChI=1S/C10H16ClNO2S/c1-10(6-13,7-14)5-12-4-8-2-3-9(11)15-8/h2-3,12-14H,4-7H2,1H3. The number of thiophene rings is 1. The van der Waals surface area contributed by atoms with Crippen LogP contribution in [-0.4, -0.2) is 30.0 Å². The fraction of sp³-hybridized carbons (Fsp3) is 0.600. The van der Waals surface area contributed by atoms with Crippen molar-refractivity contribution < 1.29 is 10.2 Å². The van der Waals surface area contributed by atoms with E-state index in [0.717, 1.165) is 9.21 Å². The molecule has 0 aliphatic rings. The van der Waals surface area contributed by atoms with Crippen LogP contribution in [0.5, 0.6) is 0 Å². The van der Waals surface area contributed by atoms with Crippen molar-refractivity contribution >= 4 is 22.9 Å². The molecule has 0 saturated carbocycles. The Balaban J connectivity index is 2.32. The van der Waals surface area contributed by atoms with E-state index in [-0.39, 0.29) is 13.2 Å². The van der Waals surface area contributed by atoms with Gasteiger partial charge in [0.1, 0.15) is 0 Å². The van der Waals surface area contributed by atoms with Gasteiger partial charge in [-0.3, -0.25) is 0 Å². The molecule has 3 N–H and O–H groups in total. The second-order valence-corrected chi connectivity index (χ2v) is 5.74. The van der Waals surface area contributed by atoms with Crippen LogP contribution in [0.3, 0.4) is 0 Å². The second-order valence-electron chi connectivity index (χ2n) is 3.94. The first-order valence-electron chi connectivity index (χ1n) is 4.76. The van der Waals surface area contributed by atoms with Gasteiger partial charge in [0.2, 0.25) is 0 Å². The molecule has 0 aliphatic heterocycles. The molecule has 5 heteroatoms. The van der Waals surface area contributed by atoms with E-state index in [4.69, 9.17) is 21.8 Å². The van der Waals surface area contributed by atoms with E-state index < -0.39 is 5.41 Å². The van der Waals surface area contributed by atoms with Crippen LogP contribution in [0.15, 0.2) is 12.1 Å². The minimum absolute atomic E-state index is 0.0261. The average molecular weight is 250 g/mol. The summed E-state index contributed by atoms with van der Waals surface area (Å²) in [4.78, 5) is 1.15. The molecule has 1 heterocycles. The second kappa shape index (κ2) is 5.82. The summed E-state index contributed by atoms with van der Waals surface area (Å²) in [5.41, 5.74) is -0.457. The van der Waals surface area contributed by atoms with Gasteiger partial charge in [0.25, 0.3) is 0 Å². The number of hydrogen-bond donors (Lipinski definition) is 3. The Labute approximate surface area is 98.7 Å². The Bertz CT molecular complexity index is 299. The van der Waals surface area contributed by atoms with Gasteiger partial charge in [0.05, 0.1) is 17.6 Å². The van der Waals surface area contributed by atoms with E-state index in [9.17, 15) is 0 Å². The van der Waals surface area contributed by atoms with Crippen LogP contribution in [0.1, 0.15) is 11.8 Å². The third-order valence-electron chi connectivity index (χ3n) is 2.24. The summed E-state index contributed by atoms with van der Waals surface area (Å²) >= 11 is 7.33. The molecule has 0 unspecified atom stereocenters. The van der Waals surface area contributed by atoms with Crippen LogP contribution in [0.25, 0.3) is 0 Å². The first kappa shape index (κ1) is 12.9. The average Bonchev–Trinajstić information content (AvgIpc) is 2.64. The molecule has 0 amide bonds. The van der Waals surface area contributed by atoms with Gasteiger partial charge in [-0.2, -0.15) is 0 Å². The van der Waals surface area contributed by atoms with Crippen LogP contribution in [0, 0.1) is 5.41 Å². The zero-order valence-electron chi connectivity index (χ0n) is 8.66. The van der Waals surface area contributed by atoms with Crippen molar-refractivity contribution in [3.05, 3.63) is 21.3 Å². The number of rotatable bonds is 6. The molecule has 0 fully saturated rings. The van der Waals surface area contributed by atoms with Gasteiger partial charge in [-0.05, 0) is 12.1 Å². The normalized spacial score (nSPS) is 12.0. The molecule has 0 spiro atoms. The quantitative estimate of drug-likeness (QED) is 0.716. The molecular weight excluding hydrogens is 234 g/mol. The molecule has 0 bridgehead atoms. The van der Waals surface area contributed by atoms with Crippen molar-refractivity contribution in [1.82, 2.24) is 5.32 Å². The molecule has 3 nitrogen and oxygen atoms in total. The van der Waals surface area contributed by atoms with E-state index in [0.29, 0.717) is 13.1 Å². The highest BCUT2D eigenvalue weighted by Gasteiger charge is 2.21. The lowest BCUT2D eigenvalue weighted by atomic mass is 9.93. The van der Waals surface area contributed by atoms with Crippen molar-refractivity contribution in [2.45, 2.75) is 13.5 Å². The number of nitrogens with one attached hydrogen (secondary N) is 1. The first-order valence-corrected chi connectivity index (χ1v) is 5.96. The van der Waals surface area contributed by atoms with E-state index in [1.54, 1.807) is 0 Å². The fourth-order valence-electron chi connectivity index (χ4n) is 1.10. The number of hydrogen-bond acceptors (Lipinski definition) is 4. The fourth-order valence-corrected chi connectivity index (χ4v) is 2.15. The Morgan fingerprint density at radius 1 is 1.40 bits per heavy atom. The molecule has 86 valence electrons. The van der Waals surface area contributed by atoms with Crippen LogP contribution < -0.4 is 5.32 Å². The summed E-state index contributed by atoms with van der Waals surface area (Å²) in [6, 6.07) is 3.83. The SMILES string of the molecule is CC(CO)(CO)CNCc1ccc(Cl)s1. The molecule has 0 atom stereocenters. The monoisotopic (exact) mass is 249 g/mol. The summed E-state index contributed by atoms with van der Waals surface area (Å²) in [6.45, 7) is 3.08. The van der Waals surface area contributed by atoms with E-state index in [1.807, 2.05) is 19.1 Å². The van der Waals surface area contributed by atoms with Gasteiger partial charge < -0.3 is 15.5 Å². The molecule has 0 saturated heterocycles. The summed E-state index contributed by atoms with van der Waals surface area (Å²) in [5.74, 6) is 0. The Morgan fingerprint density at radius 3 is 2.53 bits per heavy atom. The Hall–Kier alpha value is -0.130. The maximum Gasteiger partial charge on any atom is 0.0931 e. The maximum atomic E-state index is 9.07. The Morgan fingerprint density at radius 2 is 2.07 bits per heavy atom. The summed E-state index contributed by atoms with van der Waals surface area (Å²) < 4.78 is 0.777. The molecule has 1 aromatic heterocycles. The molecule has 15 heavy (non-hydrogen) atoms. The van der Waals surface area contributed by atoms with Gasteiger partial charge in [-0.15, -0.1) is 11.3 Å². The minimum atomic E-state index is -0.457. The molecular formula is C10H16ClNO2S. The molecule has 0 radical (unpaired) electrons. The predicted molar refractivity (Wildman–Crippen MR) is 63.3 cm³/mol. The van der Waals surface area contributed by atoms with Crippen LogP contribution in [0.2, 0.25) is 4.34 Å². The molecule has 1 rings (SSSR count). The lowest BCUT2D eigenvalue weighted by molar-refractivity contribution is 0.0696. The third-order valence-corrected chi connectivity index (χ3v) is 3.47. The topological polar surface area (TPSA) is 52.5 Å². The summed E-state index contributed by atoms with van der Waals surface area (Å²) in [7, 11) is 0. The Kier molecular flexibility index (Phi) is 5.02. The first-order chi connectivity index (χ1) is 7.09. The van der Waals surface area contributed by atoms with E-state index in [2.05, 4.69) is 5.32 Å². The van der Waals surface area contributed by atoms with Gasteiger partial charge >= 0.3 is 0 Å². The lowest BCUT2D eigenvalue weighted by Gasteiger charge is -2.24. The molecule has 0 aromatic carbocycles. The number of aliphatic hydroxyl groups is 2. The van der Waals surface area contributed by atoms with Crippen molar-refractivity contribution in [1.29, 1.82) is 0 Å². The lowest BCUT2D eigenvalue weighted by Crippen LogP contribution is -2.37.